The summed E-state index contributed by atoms with van der Waals surface area (Å²) in [5, 5.41) is 9.30. The van der Waals surface area contributed by atoms with E-state index in [1.54, 1.807) is 11.3 Å². The second-order valence-corrected chi connectivity index (χ2v) is 6.53. The molecule has 0 bridgehead atoms. The molecule has 118 valence electrons. The Morgan fingerprint density at radius 1 is 1.43 bits per heavy atom. The van der Waals surface area contributed by atoms with Crippen LogP contribution in [-0.4, -0.2) is 31.6 Å². The van der Waals surface area contributed by atoms with Gasteiger partial charge in [0.15, 0.2) is 0 Å². The number of H-pyrrole nitrogens is 2. The van der Waals surface area contributed by atoms with Crippen molar-refractivity contribution in [3.05, 3.63) is 50.9 Å². The number of nitrogens with two attached hydrogens (primary N) is 1. The van der Waals surface area contributed by atoms with Gasteiger partial charge in [-0.3, -0.25) is 19.8 Å². The summed E-state index contributed by atoms with van der Waals surface area (Å²) in [5.41, 5.74) is 9.19. The predicted octanol–water partition coefficient (Wildman–Crippen LogP) is 1.36. The highest BCUT2D eigenvalue weighted by Gasteiger charge is 2.22. The predicted molar refractivity (Wildman–Crippen MR) is 89.0 cm³/mol. The van der Waals surface area contributed by atoms with Crippen LogP contribution in [0.4, 0.5) is 5.95 Å². The summed E-state index contributed by atoms with van der Waals surface area (Å²) in [5.74, 6) is 0.192. The van der Waals surface area contributed by atoms with Gasteiger partial charge in [-0.1, -0.05) is 6.07 Å². The molecule has 0 unspecified atom stereocenters. The Bertz CT molecular complexity index is 882. The third-order valence-electron chi connectivity index (χ3n) is 4.05. The van der Waals surface area contributed by atoms with E-state index in [0.717, 1.165) is 36.5 Å². The second-order valence-electron chi connectivity index (χ2n) is 5.58. The Morgan fingerprint density at radius 3 is 3.17 bits per heavy atom. The van der Waals surface area contributed by atoms with Crippen LogP contribution < -0.4 is 11.3 Å². The Kier molecular flexibility index (Phi) is 3.47. The van der Waals surface area contributed by atoms with Gasteiger partial charge in [-0.15, -0.1) is 11.3 Å². The highest BCUT2D eigenvalue weighted by Crippen LogP contribution is 2.27. The molecule has 4 N–H and O–H groups in total. The first-order chi connectivity index (χ1) is 11.2. The van der Waals surface area contributed by atoms with Crippen LogP contribution in [0.1, 0.15) is 16.8 Å². The van der Waals surface area contributed by atoms with Crippen molar-refractivity contribution in [2.45, 2.75) is 19.5 Å². The van der Waals surface area contributed by atoms with E-state index in [9.17, 15) is 4.79 Å². The quantitative estimate of drug-likeness (QED) is 0.673. The number of aromatic nitrogens is 4. The molecule has 8 heteroatoms. The highest BCUT2D eigenvalue weighted by atomic mass is 32.1. The fourth-order valence-electron chi connectivity index (χ4n) is 2.94. The Labute approximate surface area is 136 Å². The van der Waals surface area contributed by atoms with Gasteiger partial charge in [0.25, 0.3) is 5.56 Å². The summed E-state index contributed by atoms with van der Waals surface area (Å²) >= 11 is 1.68. The molecule has 7 nitrogen and oxygen atoms in total. The van der Waals surface area contributed by atoms with Crippen LogP contribution in [-0.2, 0) is 19.5 Å². The molecular formula is C15H16N6OS. The van der Waals surface area contributed by atoms with Gasteiger partial charge in [0.05, 0.1) is 28.0 Å². The van der Waals surface area contributed by atoms with E-state index in [0.29, 0.717) is 12.1 Å². The summed E-state index contributed by atoms with van der Waals surface area (Å²) in [6, 6.07) is 4.10. The molecule has 1 aliphatic heterocycles. The first kappa shape index (κ1) is 14.2. The van der Waals surface area contributed by atoms with Gasteiger partial charge in [-0.25, -0.2) is 4.98 Å². The minimum Gasteiger partial charge on any atom is -0.369 e. The number of hydrogen-bond donors (Lipinski definition) is 3. The molecule has 0 atom stereocenters. The molecule has 3 aromatic rings. The van der Waals surface area contributed by atoms with Crippen molar-refractivity contribution in [2.24, 2.45) is 0 Å². The molecule has 23 heavy (non-hydrogen) atoms. The van der Waals surface area contributed by atoms with E-state index < -0.39 is 0 Å². The van der Waals surface area contributed by atoms with Gasteiger partial charge in [-0.2, -0.15) is 5.10 Å². The molecule has 4 rings (SSSR count). The van der Waals surface area contributed by atoms with Crippen molar-refractivity contribution in [1.29, 1.82) is 0 Å². The van der Waals surface area contributed by atoms with Crippen LogP contribution in [0.15, 0.2) is 28.5 Å². The maximum atomic E-state index is 12.1. The minimum absolute atomic E-state index is 0.136. The number of nitrogens with one attached hydrogen (secondary N) is 2. The lowest BCUT2D eigenvalue weighted by atomic mass is 10.1. The standard InChI is InChI=1S/C15H16N6OS/c16-15-18-11-3-4-21(8-10(11)14(22)19-15)7-9-6-17-20-13(9)12-2-1-5-23-12/h1-2,5-6H,3-4,7-8H2,(H,17,20)(H3,16,18,19,22). The van der Waals surface area contributed by atoms with E-state index in [1.807, 2.05) is 17.6 Å². The van der Waals surface area contributed by atoms with Gasteiger partial charge >= 0.3 is 0 Å². The van der Waals surface area contributed by atoms with E-state index in [2.05, 4.69) is 31.1 Å². The molecular weight excluding hydrogens is 312 g/mol. The van der Waals surface area contributed by atoms with Gasteiger partial charge in [0, 0.05) is 31.6 Å². The van der Waals surface area contributed by atoms with Crippen LogP contribution >= 0.6 is 11.3 Å². The van der Waals surface area contributed by atoms with Crippen LogP contribution in [0.5, 0.6) is 0 Å². The number of hydrogen-bond acceptors (Lipinski definition) is 6. The molecule has 0 radical (unpaired) electrons. The lowest BCUT2D eigenvalue weighted by molar-refractivity contribution is 0.242. The fourth-order valence-corrected chi connectivity index (χ4v) is 3.70. The summed E-state index contributed by atoms with van der Waals surface area (Å²) in [6.07, 6.45) is 2.59. The lowest BCUT2D eigenvalue weighted by Crippen LogP contribution is -2.35. The smallest absolute Gasteiger partial charge is 0.257 e. The third kappa shape index (κ3) is 2.66. The molecule has 0 aromatic carbocycles. The van der Waals surface area contributed by atoms with Crippen molar-refractivity contribution in [1.82, 2.24) is 25.1 Å². The fraction of sp³-hybridized carbons (Fsp3) is 0.267. The monoisotopic (exact) mass is 328 g/mol. The number of rotatable bonds is 3. The number of anilines is 1. The molecule has 0 fully saturated rings. The summed E-state index contributed by atoms with van der Waals surface area (Å²) in [4.78, 5) is 22.3. The Balaban J connectivity index is 1.58. The van der Waals surface area contributed by atoms with Gasteiger partial charge in [0.2, 0.25) is 5.95 Å². The van der Waals surface area contributed by atoms with E-state index >= 15 is 0 Å². The minimum atomic E-state index is -0.136. The molecule has 0 amide bonds. The maximum Gasteiger partial charge on any atom is 0.257 e. The molecule has 0 saturated carbocycles. The first-order valence-electron chi connectivity index (χ1n) is 7.37. The van der Waals surface area contributed by atoms with Gasteiger partial charge in [-0.05, 0) is 11.4 Å². The van der Waals surface area contributed by atoms with E-state index in [-0.39, 0.29) is 11.5 Å². The SMILES string of the molecule is Nc1nc2c(c(=O)[nH]1)CN(Cc1cn[nH]c1-c1cccs1)CC2. The zero-order valence-corrected chi connectivity index (χ0v) is 13.2. The molecule has 4 heterocycles. The van der Waals surface area contributed by atoms with Crippen LogP contribution in [0.2, 0.25) is 0 Å². The van der Waals surface area contributed by atoms with Crippen molar-refractivity contribution in [3.8, 4) is 10.6 Å². The number of aromatic amines is 2. The number of nitrogens with zero attached hydrogens (tertiary/aromatic N) is 3. The van der Waals surface area contributed by atoms with Crippen LogP contribution in [0.3, 0.4) is 0 Å². The van der Waals surface area contributed by atoms with Crippen LogP contribution in [0, 0.1) is 0 Å². The van der Waals surface area contributed by atoms with Crippen molar-refractivity contribution >= 4 is 17.3 Å². The molecule has 0 spiro atoms. The van der Waals surface area contributed by atoms with Crippen molar-refractivity contribution in [3.63, 3.8) is 0 Å². The summed E-state index contributed by atoms with van der Waals surface area (Å²) in [7, 11) is 0. The van der Waals surface area contributed by atoms with Gasteiger partial charge < -0.3 is 5.73 Å². The zero-order chi connectivity index (χ0) is 15.8. The number of nitrogen functional groups attached to an aromatic ring is 1. The lowest BCUT2D eigenvalue weighted by Gasteiger charge is -2.27. The highest BCUT2D eigenvalue weighted by molar-refractivity contribution is 7.13. The average molecular weight is 328 g/mol. The van der Waals surface area contributed by atoms with Crippen molar-refractivity contribution in [2.75, 3.05) is 12.3 Å². The Morgan fingerprint density at radius 2 is 2.35 bits per heavy atom. The van der Waals surface area contributed by atoms with E-state index in [1.165, 1.54) is 4.88 Å². The normalized spacial score (nSPS) is 14.8. The van der Waals surface area contributed by atoms with Crippen LogP contribution in [0.25, 0.3) is 10.6 Å². The number of fused-ring (bicyclic) bond motifs is 1. The molecule has 1 aliphatic rings. The van der Waals surface area contributed by atoms with Gasteiger partial charge in [0.1, 0.15) is 0 Å². The first-order valence-corrected chi connectivity index (χ1v) is 8.24. The van der Waals surface area contributed by atoms with E-state index in [4.69, 9.17) is 5.73 Å². The average Bonchev–Trinajstić information content (AvgIpc) is 3.18. The summed E-state index contributed by atoms with van der Waals surface area (Å²) in [6.45, 7) is 2.16. The molecule has 3 aromatic heterocycles. The number of thiophene rings is 1. The topological polar surface area (TPSA) is 104 Å². The molecule has 0 saturated heterocycles. The Hall–Kier alpha value is -2.45. The zero-order valence-electron chi connectivity index (χ0n) is 12.4. The molecule has 0 aliphatic carbocycles. The second kappa shape index (κ2) is 5.64. The maximum absolute atomic E-state index is 12.1. The van der Waals surface area contributed by atoms with Crippen molar-refractivity contribution < 1.29 is 0 Å². The third-order valence-corrected chi connectivity index (χ3v) is 4.93. The summed E-state index contributed by atoms with van der Waals surface area (Å²) < 4.78 is 0. The largest absolute Gasteiger partial charge is 0.369 e.